The van der Waals surface area contributed by atoms with E-state index in [1.165, 1.54) is 16.7 Å². The fourth-order valence-electron chi connectivity index (χ4n) is 2.73. The first-order valence-corrected chi connectivity index (χ1v) is 7.08. The molecule has 2 unspecified atom stereocenters. The van der Waals surface area contributed by atoms with Crippen LogP contribution >= 0.6 is 0 Å². The van der Waals surface area contributed by atoms with E-state index in [4.69, 9.17) is 9.47 Å². The smallest absolute Gasteiger partial charge is 0.122 e. The Bertz CT molecular complexity index is 443. The molecule has 1 aliphatic rings. The Morgan fingerprint density at radius 3 is 2.68 bits per heavy atom. The van der Waals surface area contributed by atoms with E-state index in [2.05, 4.69) is 45.1 Å². The Morgan fingerprint density at radius 2 is 2.11 bits per heavy atom. The fraction of sp³-hybridized carbons (Fsp3) is 0.625. The lowest BCUT2D eigenvalue weighted by Crippen LogP contribution is -2.41. The number of ether oxygens (including phenoxy) is 2. The van der Waals surface area contributed by atoms with Gasteiger partial charge < -0.3 is 14.8 Å². The number of aryl methyl sites for hydroxylation is 1. The summed E-state index contributed by atoms with van der Waals surface area (Å²) in [4.78, 5) is 0. The van der Waals surface area contributed by atoms with E-state index in [1.54, 1.807) is 7.11 Å². The molecule has 0 amide bonds. The van der Waals surface area contributed by atoms with Gasteiger partial charge in [0, 0.05) is 12.6 Å². The highest BCUT2D eigenvalue weighted by Gasteiger charge is 2.26. The summed E-state index contributed by atoms with van der Waals surface area (Å²) in [6.45, 7) is 10.4. The van der Waals surface area contributed by atoms with Crippen LogP contribution in [0.3, 0.4) is 0 Å². The van der Waals surface area contributed by atoms with E-state index in [0.717, 1.165) is 18.9 Å². The van der Waals surface area contributed by atoms with Gasteiger partial charge in [-0.2, -0.15) is 0 Å². The van der Waals surface area contributed by atoms with Crippen LogP contribution in [0, 0.1) is 6.92 Å². The van der Waals surface area contributed by atoms with Gasteiger partial charge in [0.15, 0.2) is 0 Å². The fourth-order valence-corrected chi connectivity index (χ4v) is 2.73. The molecule has 1 fully saturated rings. The van der Waals surface area contributed by atoms with E-state index >= 15 is 0 Å². The maximum Gasteiger partial charge on any atom is 0.122 e. The summed E-state index contributed by atoms with van der Waals surface area (Å²) < 4.78 is 11.5. The highest BCUT2D eigenvalue weighted by molar-refractivity contribution is 5.45. The zero-order chi connectivity index (χ0) is 14.0. The minimum absolute atomic E-state index is 0.136. The van der Waals surface area contributed by atoms with E-state index in [1.807, 2.05) is 0 Å². The first-order chi connectivity index (χ1) is 9.04. The Morgan fingerprint density at radius 1 is 1.37 bits per heavy atom. The lowest BCUT2D eigenvalue weighted by molar-refractivity contribution is -0.000661. The molecule has 0 spiro atoms. The summed E-state index contributed by atoms with van der Waals surface area (Å²) in [6, 6.07) is 4.74. The topological polar surface area (TPSA) is 30.5 Å². The van der Waals surface area contributed by atoms with Crippen LogP contribution in [-0.2, 0) is 4.74 Å². The predicted molar refractivity (Wildman–Crippen MR) is 78.0 cm³/mol. The van der Waals surface area contributed by atoms with Crippen molar-refractivity contribution in [2.24, 2.45) is 0 Å². The van der Waals surface area contributed by atoms with E-state index in [9.17, 15) is 0 Å². The van der Waals surface area contributed by atoms with Crippen LogP contribution < -0.4 is 10.1 Å². The van der Waals surface area contributed by atoms with Crippen molar-refractivity contribution in [3.05, 3.63) is 28.8 Å². The van der Waals surface area contributed by atoms with Gasteiger partial charge in [-0.05, 0) is 48.6 Å². The maximum absolute atomic E-state index is 5.96. The van der Waals surface area contributed by atoms with Crippen molar-refractivity contribution in [2.45, 2.75) is 45.8 Å². The largest absolute Gasteiger partial charge is 0.496 e. The first kappa shape index (κ1) is 14.4. The van der Waals surface area contributed by atoms with Gasteiger partial charge in [0.05, 0.1) is 19.8 Å². The van der Waals surface area contributed by atoms with Crippen molar-refractivity contribution in [3.63, 3.8) is 0 Å². The molecule has 106 valence electrons. The van der Waals surface area contributed by atoms with Crippen LogP contribution in [0.15, 0.2) is 12.1 Å². The van der Waals surface area contributed by atoms with Gasteiger partial charge in [0.1, 0.15) is 5.75 Å². The zero-order valence-corrected chi connectivity index (χ0v) is 12.6. The van der Waals surface area contributed by atoms with Crippen LogP contribution in [0.25, 0.3) is 0 Å². The molecule has 0 radical (unpaired) electrons. The average Bonchev–Trinajstić information content (AvgIpc) is 2.39. The molecule has 0 aromatic heterocycles. The minimum atomic E-state index is 0.136. The maximum atomic E-state index is 5.96. The molecule has 1 aliphatic heterocycles. The van der Waals surface area contributed by atoms with Crippen molar-refractivity contribution in [1.29, 1.82) is 0 Å². The van der Waals surface area contributed by atoms with Crippen LogP contribution in [0.5, 0.6) is 5.75 Å². The van der Waals surface area contributed by atoms with Gasteiger partial charge in [-0.25, -0.2) is 0 Å². The molecule has 3 nitrogen and oxygen atoms in total. The van der Waals surface area contributed by atoms with Gasteiger partial charge in [0.2, 0.25) is 0 Å². The molecule has 0 aliphatic carbocycles. The molecule has 19 heavy (non-hydrogen) atoms. The molecule has 2 rings (SSSR count). The number of rotatable bonds is 3. The Hall–Kier alpha value is -1.06. The first-order valence-electron chi connectivity index (χ1n) is 7.08. The molecule has 2 atom stereocenters. The lowest BCUT2D eigenvalue weighted by Gasteiger charge is -2.32. The zero-order valence-electron chi connectivity index (χ0n) is 12.6. The lowest BCUT2D eigenvalue weighted by atomic mass is 9.91. The van der Waals surface area contributed by atoms with E-state index in [0.29, 0.717) is 12.0 Å². The van der Waals surface area contributed by atoms with Crippen LogP contribution in [0.2, 0.25) is 0 Å². The van der Waals surface area contributed by atoms with E-state index < -0.39 is 0 Å². The Balaban J connectivity index is 2.42. The van der Waals surface area contributed by atoms with Gasteiger partial charge >= 0.3 is 0 Å². The normalized spacial score (nSPS) is 23.7. The standard InChI is InChI=1S/C16H25NO2/c1-10(2)13-9-14(11(3)8-15(13)18-5)16-12(4)17-6-7-19-16/h8-10,12,16-17H,6-7H2,1-5H3. The monoisotopic (exact) mass is 263 g/mol. The molecule has 1 saturated heterocycles. The number of benzene rings is 1. The van der Waals surface area contributed by atoms with Gasteiger partial charge in [0.25, 0.3) is 0 Å². The number of morpholine rings is 1. The molecule has 3 heteroatoms. The summed E-state index contributed by atoms with van der Waals surface area (Å²) in [6.07, 6.45) is 0.136. The molecule has 1 heterocycles. The molecule has 0 bridgehead atoms. The minimum Gasteiger partial charge on any atom is -0.496 e. The van der Waals surface area contributed by atoms with Crippen LogP contribution in [0.1, 0.15) is 49.5 Å². The van der Waals surface area contributed by atoms with Gasteiger partial charge in [-0.3, -0.25) is 0 Å². The molecular weight excluding hydrogens is 238 g/mol. The van der Waals surface area contributed by atoms with Crippen LogP contribution in [-0.4, -0.2) is 26.3 Å². The molecule has 1 N–H and O–H groups in total. The third-order valence-corrected chi connectivity index (χ3v) is 3.87. The summed E-state index contributed by atoms with van der Waals surface area (Å²) in [5, 5.41) is 3.48. The highest BCUT2D eigenvalue weighted by Crippen LogP contribution is 2.34. The number of methoxy groups -OCH3 is 1. The summed E-state index contributed by atoms with van der Waals surface area (Å²) in [5.41, 5.74) is 3.77. The molecular formula is C16H25NO2. The molecule has 1 aromatic rings. The summed E-state index contributed by atoms with van der Waals surface area (Å²) in [7, 11) is 1.74. The van der Waals surface area contributed by atoms with Crippen molar-refractivity contribution in [3.8, 4) is 5.75 Å². The number of hydrogen-bond acceptors (Lipinski definition) is 3. The molecule has 1 aromatic carbocycles. The van der Waals surface area contributed by atoms with Gasteiger partial charge in [-0.15, -0.1) is 0 Å². The second-order valence-corrected chi connectivity index (χ2v) is 5.64. The highest BCUT2D eigenvalue weighted by atomic mass is 16.5. The van der Waals surface area contributed by atoms with Crippen molar-refractivity contribution in [2.75, 3.05) is 20.3 Å². The Labute approximate surface area is 116 Å². The summed E-state index contributed by atoms with van der Waals surface area (Å²) in [5.74, 6) is 1.42. The third-order valence-electron chi connectivity index (χ3n) is 3.87. The number of nitrogens with one attached hydrogen (secondary N) is 1. The summed E-state index contributed by atoms with van der Waals surface area (Å²) >= 11 is 0. The average molecular weight is 263 g/mol. The predicted octanol–water partition coefficient (Wildman–Crippen LogP) is 3.18. The SMILES string of the molecule is COc1cc(C)c(C2OCCNC2C)cc1C(C)C. The quantitative estimate of drug-likeness (QED) is 0.908. The molecule has 0 saturated carbocycles. The Kier molecular flexibility index (Phi) is 4.48. The second kappa shape index (κ2) is 5.93. The van der Waals surface area contributed by atoms with Gasteiger partial charge in [-0.1, -0.05) is 13.8 Å². The van der Waals surface area contributed by atoms with Crippen molar-refractivity contribution >= 4 is 0 Å². The number of hydrogen-bond donors (Lipinski definition) is 1. The second-order valence-electron chi connectivity index (χ2n) is 5.64. The third kappa shape index (κ3) is 2.93. The van der Waals surface area contributed by atoms with E-state index in [-0.39, 0.29) is 6.10 Å². The van der Waals surface area contributed by atoms with Crippen molar-refractivity contribution < 1.29 is 9.47 Å². The van der Waals surface area contributed by atoms with Crippen LogP contribution in [0.4, 0.5) is 0 Å². The van der Waals surface area contributed by atoms with Crippen molar-refractivity contribution in [1.82, 2.24) is 5.32 Å².